The zero-order valence-electron chi connectivity index (χ0n) is 16.7. The van der Waals surface area contributed by atoms with Crippen molar-refractivity contribution in [1.29, 1.82) is 0 Å². The Morgan fingerprint density at radius 1 is 1.06 bits per heavy atom. The number of carbonyl (C=O) groups is 1. The van der Waals surface area contributed by atoms with Crippen LogP contribution >= 0.6 is 11.6 Å². The standard InChI is InChI=1S/C17H16ClF9N2O4S/c18-12-2-1-10(7-11(12)15(19,20)21)34(31,32)28-8-9-3-5-29(6-4-9)14(30)33-13(16(22,23)24)17(25,26)27/h1-2,7,9,13,28H,3-6,8H2. The van der Waals surface area contributed by atoms with Crippen molar-refractivity contribution in [3.8, 4) is 0 Å². The van der Waals surface area contributed by atoms with Gasteiger partial charge in [0.15, 0.2) is 0 Å². The third kappa shape index (κ3) is 7.28. The smallest absolute Gasteiger partial charge is 0.426 e. The molecule has 1 heterocycles. The molecular weight excluding hydrogens is 535 g/mol. The van der Waals surface area contributed by atoms with Gasteiger partial charge in [0, 0.05) is 19.6 Å². The van der Waals surface area contributed by atoms with Gasteiger partial charge in [0.1, 0.15) is 0 Å². The molecule has 17 heteroatoms. The molecule has 0 aromatic heterocycles. The molecule has 194 valence electrons. The highest BCUT2D eigenvalue weighted by molar-refractivity contribution is 7.89. The molecule has 2 rings (SSSR count). The normalized spacial score (nSPS) is 16.7. The molecule has 1 aliphatic heterocycles. The number of carbonyl (C=O) groups excluding carboxylic acids is 1. The molecule has 1 aromatic rings. The quantitative estimate of drug-likeness (QED) is 0.525. The summed E-state index contributed by atoms with van der Waals surface area (Å²) in [4.78, 5) is 11.6. The van der Waals surface area contributed by atoms with Gasteiger partial charge < -0.3 is 9.64 Å². The van der Waals surface area contributed by atoms with Crippen molar-refractivity contribution in [3.63, 3.8) is 0 Å². The lowest BCUT2D eigenvalue weighted by molar-refractivity contribution is -0.308. The number of nitrogens with one attached hydrogen (secondary N) is 1. The van der Waals surface area contributed by atoms with E-state index in [0.29, 0.717) is 11.0 Å². The van der Waals surface area contributed by atoms with Gasteiger partial charge in [-0.25, -0.2) is 17.9 Å². The Bertz CT molecular complexity index is 974. The second kappa shape index (κ2) is 9.97. The number of ether oxygens (including phenoxy) is 1. The third-order valence-electron chi connectivity index (χ3n) is 4.80. The van der Waals surface area contributed by atoms with E-state index in [9.17, 15) is 52.7 Å². The molecule has 0 radical (unpaired) electrons. The number of hydrogen-bond acceptors (Lipinski definition) is 4. The second-order valence-corrected chi connectivity index (χ2v) is 9.44. The highest BCUT2D eigenvalue weighted by atomic mass is 35.5. The minimum Gasteiger partial charge on any atom is -0.426 e. The highest BCUT2D eigenvalue weighted by Crippen LogP contribution is 2.37. The van der Waals surface area contributed by atoms with Gasteiger partial charge in [-0.2, -0.15) is 39.5 Å². The molecule has 0 atom stereocenters. The van der Waals surface area contributed by atoms with Crippen LogP contribution in [0.3, 0.4) is 0 Å². The summed E-state index contributed by atoms with van der Waals surface area (Å²) in [5.41, 5.74) is -1.36. The maximum absolute atomic E-state index is 12.9. The number of piperidine rings is 1. The van der Waals surface area contributed by atoms with Gasteiger partial charge in [0.2, 0.25) is 10.0 Å². The number of alkyl halides is 9. The zero-order chi connectivity index (χ0) is 26.1. The molecule has 1 amide bonds. The molecule has 1 aliphatic rings. The monoisotopic (exact) mass is 550 g/mol. The summed E-state index contributed by atoms with van der Waals surface area (Å²) in [5, 5.41) is -0.705. The molecule has 1 N–H and O–H groups in total. The van der Waals surface area contributed by atoms with Gasteiger partial charge in [0.05, 0.1) is 15.5 Å². The number of halogens is 10. The molecule has 0 unspecified atom stereocenters. The van der Waals surface area contributed by atoms with Gasteiger partial charge in [-0.05, 0) is 37.0 Å². The molecule has 0 bridgehead atoms. The fourth-order valence-electron chi connectivity index (χ4n) is 3.01. The average molecular weight is 551 g/mol. The lowest BCUT2D eigenvalue weighted by Crippen LogP contribution is -2.49. The van der Waals surface area contributed by atoms with E-state index < -0.39 is 62.1 Å². The van der Waals surface area contributed by atoms with Crippen LogP contribution in [-0.4, -0.2) is 57.5 Å². The molecular formula is C17H16ClF9N2O4S. The van der Waals surface area contributed by atoms with E-state index in [0.717, 1.165) is 12.1 Å². The number of likely N-dealkylation sites (tertiary alicyclic amines) is 1. The first-order chi connectivity index (χ1) is 15.3. The first kappa shape index (κ1) is 28.3. The van der Waals surface area contributed by atoms with Crippen LogP contribution in [0.15, 0.2) is 23.1 Å². The topological polar surface area (TPSA) is 75.7 Å². The van der Waals surface area contributed by atoms with Crippen molar-refractivity contribution >= 4 is 27.7 Å². The summed E-state index contributed by atoms with van der Waals surface area (Å²) in [6, 6.07) is 1.97. The summed E-state index contributed by atoms with van der Waals surface area (Å²) in [6.07, 6.45) is -22.8. The minimum atomic E-state index is -5.86. The van der Waals surface area contributed by atoms with E-state index in [1.807, 2.05) is 0 Å². The van der Waals surface area contributed by atoms with Crippen LogP contribution in [0.2, 0.25) is 5.02 Å². The lowest BCUT2D eigenvalue weighted by atomic mass is 9.97. The Morgan fingerprint density at radius 3 is 2.06 bits per heavy atom. The Balaban J connectivity index is 1.95. The molecule has 6 nitrogen and oxygen atoms in total. The molecule has 34 heavy (non-hydrogen) atoms. The largest absolute Gasteiger partial charge is 0.434 e. The number of amides is 1. The molecule has 0 spiro atoms. The van der Waals surface area contributed by atoms with E-state index in [1.54, 1.807) is 0 Å². The van der Waals surface area contributed by atoms with Gasteiger partial charge in [-0.15, -0.1) is 0 Å². The van der Waals surface area contributed by atoms with Crippen LogP contribution in [0.5, 0.6) is 0 Å². The predicted molar refractivity (Wildman–Crippen MR) is 98.3 cm³/mol. The predicted octanol–water partition coefficient (Wildman–Crippen LogP) is 4.98. The molecule has 0 saturated carbocycles. The van der Waals surface area contributed by atoms with Crippen LogP contribution in [0.4, 0.5) is 44.3 Å². The van der Waals surface area contributed by atoms with Crippen LogP contribution in [0, 0.1) is 5.92 Å². The molecule has 0 aliphatic carbocycles. The summed E-state index contributed by atoms with van der Waals surface area (Å²) in [7, 11) is -4.40. The van der Waals surface area contributed by atoms with E-state index in [1.165, 1.54) is 0 Å². The second-order valence-electron chi connectivity index (χ2n) is 7.27. The fraction of sp³-hybridized carbons (Fsp3) is 0.588. The average Bonchev–Trinajstić information content (AvgIpc) is 2.68. The molecule has 1 saturated heterocycles. The van der Waals surface area contributed by atoms with Gasteiger partial charge in [-0.3, -0.25) is 0 Å². The van der Waals surface area contributed by atoms with Crippen molar-refractivity contribution in [2.45, 2.75) is 42.4 Å². The van der Waals surface area contributed by atoms with Crippen LogP contribution in [0.25, 0.3) is 0 Å². The summed E-state index contributed by atoms with van der Waals surface area (Å²) < 4.78 is 144. The summed E-state index contributed by atoms with van der Waals surface area (Å²) in [5.74, 6) is -0.505. The Morgan fingerprint density at radius 2 is 1.59 bits per heavy atom. The van der Waals surface area contributed by atoms with Crippen LogP contribution in [-0.2, 0) is 20.9 Å². The number of rotatable bonds is 5. The van der Waals surface area contributed by atoms with Gasteiger partial charge in [0.25, 0.3) is 6.10 Å². The zero-order valence-corrected chi connectivity index (χ0v) is 18.3. The number of benzene rings is 1. The van der Waals surface area contributed by atoms with Gasteiger partial charge in [-0.1, -0.05) is 11.6 Å². The first-order valence-corrected chi connectivity index (χ1v) is 11.1. The Kier molecular flexibility index (Phi) is 8.30. The SMILES string of the molecule is O=C(OC(C(F)(F)F)C(F)(F)F)N1CCC(CNS(=O)(=O)c2ccc(Cl)c(C(F)(F)F)c2)CC1. The maximum Gasteiger partial charge on any atom is 0.434 e. The van der Waals surface area contributed by atoms with Crippen molar-refractivity contribution in [2.24, 2.45) is 5.92 Å². The Labute approximate surface area is 192 Å². The number of nitrogens with zero attached hydrogens (tertiary/aromatic N) is 1. The number of sulfonamides is 1. The fourth-order valence-corrected chi connectivity index (χ4v) is 4.38. The number of hydrogen-bond donors (Lipinski definition) is 1. The van der Waals surface area contributed by atoms with E-state index in [4.69, 9.17) is 11.6 Å². The van der Waals surface area contributed by atoms with Crippen molar-refractivity contribution in [2.75, 3.05) is 19.6 Å². The van der Waals surface area contributed by atoms with E-state index in [-0.39, 0.29) is 32.5 Å². The van der Waals surface area contributed by atoms with Crippen LogP contribution in [0.1, 0.15) is 18.4 Å². The Hall–Kier alpha value is -1.94. The van der Waals surface area contributed by atoms with E-state index in [2.05, 4.69) is 9.46 Å². The molecule has 1 aromatic carbocycles. The van der Waals surface area contributed by atoms with Crippen LogP contribution < -0.4 is 4.72 Å². The lowest BCUT2D eigenvalue weighted by Gasteiger charge is -2.33. The summed E-state index contributed by atoms with van der Waals surface area (Å²) in [6.45, 7) is -0.956. The van der Waals surface area contributed by atoms with Crippen molar-refractivity contribution in [1.82, 2.24) is 9.62 Å². The third-order valence-corrected chi connectivity index (χ3v) is 6.55. The highest BCUT2D eigenvalue weighted by Gasteiger charge is 2.60. The summed E-state index contributed by atoms with van der Waals surface area (Å²) >= 11 is 5.45. The maximum atomic E-state index is 12.9. The van der Waals surface area contributed by atoms with Crippen molar-refractivity contribution in [3.05, 3.63) is 28.8 Å². The van der Waals surface area contributed by atoms with E-state index >= 15 is 0 Å². The van der Waals surface area contributed by atoms with Crippen molar-refractivity contribution < 1.29 is 57.5 Å². The first-order valence-electron chi connectivity index (χ1n) is 9.28. The minimum absolute atomic E-state index is 0.0191. The molecule has 1 fully saturated rings. The van der Waals surface area contributed by atoms with Gasteiger partial charge >= 0.3 is 24.6 Å².